The predicted octanol–water partition coefficient (Wildman–Crippen LogP) is 14.6. The van der Waals surface area contributed by atoms with E-state index in [1.165, 1.54) is 49.5 Å². The Labute approximate surface area is 384 Å². The van der Waals surface area contributed by atoms with Crippen molar-refractivity contribution in [1.29, 1.82) is 0 Å². The maximum atomic E-state index is 7.28. The van der Waals surface area contributed by atoms with Crippen LogP contribution < -0.4 is 30.9 Å². The van der Waals surface area contributed by atoms with Gasteiger partial charge in [0.05, 0.1) is 22.4 Å². The van der Waals surface area contributed by atoms with Crippen molar-refractivity contribution in [2.75, 3.05) is 9.80 Å². The second-order valence-electron chi connectivity index (χ2n) is 21.1. The van der Waals surface area contributed by atoms with Gasteiger partial charge in [0.15, 0.2) is 0 Å². The molecule has 4 nitrogen and oxygen atoms in total. The average Bonchev–Trinajstić information content (AvgIpc) is 3.63. The third-order valence-corrected chi connectivity index (χ3v) is 13.7. The zero-order valence-corrected chi connectivity index (χ0v) is 39.1. The fourth-order valence-corrected chi connectivity index (χ4v) is 10.2. The second-order valence-corrected chi connectivity index (χ2v) is 21.1. The first-order chi connectivity index (χ1) is 31.1. The molecule has 11 rings (SSSR count). The zero-order valence-electron chi connectivity index (χ0n) is 39.1. The van der Waals surface area contributed by atoms with Crippen LogP contribution in [0.25, 0.3) is 27.5 Å². The van der Waals surface area contributed by atoms with Gasteiger partial charge in [0, 0.05) is 45.3 Å². The third kappa shape index (κ3) is 6.74. The van der Waals surface area contributed by atoms with E-state index in [1.807, 2.05) is 0 Å². The Morgan fingerprint density at radius 3 is 1.66 bits per heavy atom. The van der Waals surface area contributed by atoms with Gasteiger partial charge in [-0.2, -0.15) is 0 Å². The highest BCUT2D eigenvalue weighted by Gasteiger charge is 2.43. The molecule has 65 heavy (non-hydrogen) atoms. The van der Waals surface area contributed by atoms with Gasteiger partial charge in [0.2, 0.25) is 0 Å². The summed E-state index contributed by atoms with van der Waals surface area (Å²) in [4.78, 5) is 4.89. The molecule has 3 heterocycles. The van der Waals surface area contributed by atoms with Crippen molar-refractivity contribution >= 4 is 79.0 Å². The Balaban J connectivity index is 1.24. The van der Waals surface area contributed by atoms with Crippen molar-refractivity contribution < 1.29 is 4.74 Å². The largest absolute Gasteiger partial charge is 0.458 e. The van der Waals surface area contributed by atoms with Gasteiger partial charge in [-0.3, -0.25) is 0 Å². The number of nitrogens with zero attached hydrogens (tertiary/aromatic N) is 3. The van der Waals surface area contributed by atoms with Crippen molar-refractivity contribution in [2.45, 2.75) is 78.6 Å². The molecule has 8 aromatic carbocycles. The summed E-state index contributed by atoms with van der Waals surface area (Å²) in [6.07, 6.45) is 0. The van der Waals surface area contributed by atoms with Gasteiger partial charge in [0.1, 0.15) is 11.5 Å². The normalized spacial score (nSPS) is 13.4. The fraction of sp³-hybridized carbons (Fsp3) is 0.200. The minimum Gasteiger partial charge on any atom is -0.458 e. The standard InChI is InChI=1S/C60H56BN3O/c1-58(2,3)39-27-31-44(32-28-39)63-51-33-29-40(59(4,5)6)35-48(51)61-49-36-41(60(7,8)9)30-34-54(49)65-55-38-45(37-53(63)56(55)61)64-50-25-17-16-23-46(50)47-24-18-26-52(57(47)64)62(42-19-12-10-13-20-42)43-21-14-11-15-22-43/h10-38H,1-9H3. The van der Waals surface area contributed by atoms with Gasteiger partial charge < -0.3 is 19.1 Å². The monoisotopic (exact) mass is 845 g/mol. The molecule has 0 radical (unpaired) electrons. The molecule has 2 aliphatic heterocycles. The zero-order chi connectivity index (χ0) is 45.0. The Kier molecular flexibility index (Phi) is 9.28. The minimum atomic E-state index is -0.0390. The lowest BCUT2D eigenvalue weighted by Gasteiger charge is -2.41. The lowest BCUT2D eigenvalue weighted by Crippen LogP contribution is -2.60. The number of aromatic nitrogens is 1. The van der Waals surface area contributed by atoms with Crippen LogP contribution in [-0.2, 0) is 16.2 Å². The van der Waals surface area contributed by atoms with E-state index in [4.69, 9.17) is 4.74 Å². The molecule has 0 bridgehead atoms. The molecule has 320 valence electrons. The van der Waals surface area contributed by atoms with Gasteiger partial charge in [-0.05, 0) is 116 Å². The molecule has 5 heteroatoms. The number of hydrogen-bond acceptors (Lipinski definition) is 3. The summed E-state index contributed by atoms with van der Waals surface area (Å²) in [5, 5.41) is 2.39. The molecule has 0 aliphatic carbocycles. The molecular formula is C60H56BN3O. The highest BCUT2D eigenvalue weighted by atomic mass is 16.5. The van der Waals surface area contributed by atoms with Gasteiger partial charge in [-0.1, -0.05) is 165 Å². The number of anilines is 6. The lowest BCUT2D eigenvalue weighted by atomic mass is 9.33. The molecule has 0 spiro atoms. The van der Waals surface area contributed by atoms with Crippen LogP contribution in [0.1, 0.15) is 79.0 Å². The van der Waals surface area contributed by atoms with E-state index in [-0.39, 0.29) is 23.0 Å². The van der Waals surface area contributed by atoms with Crippen LogP contribution in [0.15, 0.2) is 176 Å². The number of hydrogen-bond donors (Lipinski definition) is 0. The number of rotatable bonds is 5. The average molecular weight is 846 g/mol. The second kappa shape index (κ2) is 14.8. The lowest BCUT2D eigenvalue weighted by molar-refractivity contribution is 0.486. The first-order valence-corrected chi connectivity index (χ1v) is 23.1. The molecule has 9 aromatic rings. The fourth-order valence-electron chi connectivity index (χ4n) is 10.2. The van der Waals surface area contributed by atoms with Crippen LogP contribution in [0.4, 0.5) is 34.1 Å². The maximum Gasteiger partial charge on any atom is 0.256 e. The quantitative estimate of drug-likeness (QED) is 0.161. The van der Waals surface area contributed by atoms with Crippen molar-refractivity contribution in [3.05, 3.63) is 193 Å². The van der Waals surface area contributed by atoms with Crippen molar-refractivity contribution in [3.63, 3.8) is 0 Å². The number of benzene rings is 8. The van der Waals surface area contributed by atoms with Crippen LogP contribution in [0.3, 0.4) is 0 Å². The molecular weight excluding hydrogens is 789 g/mol. The Hall–Kier alpha value is -6.98. The first-order valence-electron chi connectivity index (χ1n) is 23.1. The highest BCUT2D eigenvalue weighted by molar-refractivity contribution is 6.99. The highest BCUT2D eigenvalue weighted by Crippen LogP contribution is 2.47. The van der Waals surface area contributed by atoms with Crippen LogP contribution in [0.2, 0.25) is 0 Å². The Morgan fingerprint density at radius 2 is 1.02 bits per heavy atom. The van der Waals surface area contributed by atoms with Crippen LogP contribution in [0.5, 0.6) is 11.5 Å². The minimum absolute atomic E-state index is 0.0219. The number of ether oxygens (including phenoxy) is 1. The first kappa shape index (κ1) is 40.8. The molecule has 1 aromatic heterocycles. The summed E-state index contributed by atoms with van der Waals surface area (Å²) in [5.74, 6) is 1.80. The smallest absolute Gasteiger partial charge is 0.256 e. The molecule has 0 atom stereocenters. The summed E-state index contributed by atoms with van der Waals surface area (Å²) in [5.41, 5.74) is 17.6. The van der Waals surface area contributed by atoms with E-state index in [0.717, 1.165) is 56.7 Å². The predicted molar refractivity (Wildman–Crippen MR) is 277 cm³/mol. The van der Waals surface area contributed by atoms with Gasteiger partial charge in [-0.25, -0.2) is 0 Å². The summed E-state index contributed by atoms with van der Waals surface area (Å²) in [6.45, 7) is 20.7. The van der Waals surface area contributed by atoms with Crippen molar-refractivity contribution in [2.24, 2.45) is 0 Å². The molecule has 0 fully saturated rings. The summed E-state index contributed by atoms with van der Waals surface area (Å²) in [7, 11) is 0. The molecule has 0 N–H and O–H groups in total. The van der Waals surface area contributed by atoms with Gasteiger partial charge >= 0.3 is 0 Å². The Bertz CT molecular complexity index is 3250. The van der Waals surface area contributed by atoms with E-state index in [0.29, 0.717) is 0 Å². The summed E-state index contributed by atoms with van der Waals surface area (Å²) < 4.78 is 9.76. The van der Waals surface area contributed by atoms with Crippen LogP contribution in [-0.4, -0.2) is 11.3 Å². The van der Waals surface area contributed by atoms with E-state index >= 15 is 0 Å². The number of para-hydroxylation sites is 4. The molecule has 0 amide bonds. The molecule has 0 saturated heterocycles. The van der Waals surface area contributed by atoms with Crippen molar-refractivity contribution in [3.8, 4) is 17.2 Å². The van der Waals surface area contributed by atoms with Crippen molar-refractivity contribution in [1.82, 2.24) is 4.57 Å². The maximum absolute atomic E-state index is 7.28. The molecule has 0 saturated carbocycles. The summed E-state index contributed by atoms with van der Waals surface area (Å²) >= 11 is 0. The van der Waals surface area contributed by atoms with E-state index in [2.05, 4.69) is 253 Å². The van der Waals surface area contributed by atoms with E-state index in [9.17, 15) is 0 Å². The van der Waals surface area contributed by atoms with Crippen LogP contribution >= 0.6 is 0 Å². The number of fused-ring (bicyclic) bond motifs is 7. The van der Waals surface area contributed by atoms with Gasteiger partial charge in [-0.15, -0.1) is 0 Å². The Morgan fingerprint density at radius 1 is 0.446 bits per heavy atom. The van der Waals surface area contributed by atoms with Gasteiger partial charge in [0.25, 0.3) is 6.71 Å². The third-order valence-electron chi connectivity index (χ3n) is 13.7. The molecule has 0 unspecified atom stereocenters. The topological polar surface area (TPSA) is 20.6 Å². The van der Waals surface area contributed by atoms with Crippen LogP contribution in [0, 0.1) is 0 Å². The van der Waals surface area contributed by atoms with E-state index in [1.54, 1.807) is 0 Å². The SMILES string of the molecule is CC(C)(C)c1ccc(N2c3ccc(C(C)(C)C)cc3B3c4cc(C(C)(C)C)ccc4Oc4cc(-n5c6ccccc6c6cccc(N(c7ccccc7)c7ccccc7)c65)cc2c43)cc1. The summed E-state index contributed by atoms with van der Waals surface area (Å²) in [6, 6.07) is 65.1. The molecule has 2 aliphatic rings. The van der Waals surface area contributed by atoms with E-state index < -0.39 is 0 Å².